The number of benzene rings is 2. The summed E-state index contributed by atoms with van der Waals surface area (Å²) in [5.41, 5.74) is 3.11. The van der Waals surface area contributed by atoms with Crippen molar-refractivity contribution < 1.29 is 14.3 Å². The van der Waals surface area contributed by atoms with Gasteiger partial charge >= 0.3 is 5.97 Å². The van der Waals surface area contributed by atoms with E-state index in [1.54, 1.807) is 13.2 Å². The van der Waals surface area contributed by atoms with Crippen LogP contribution in [0.25, 0.3) is 6.08 Å². The van der Waals surface area contributed by atoms with E-state index in [4.69, 9.17) is 9.47 Å². The van der Waals surface area contributed by atoms with E-state index < -0.39 is 5.97 Å². The van der Waals surface area contributed by atoms with E-state index >= 15 is 0 Å². The highest BCUT2D eigenvalue weighted by Crippen LogP contribution is 2.26. The first-order valence-corrected chi connectivity index (χ1v) is 8.15. The Morgan fingerprint density at radius 2 is 1.72 bits per heavy atom. The zero-order chi connectivity index (χ0) is 18.0. The van der Waals surface area contributed by atoms with Crippen LogP contribution in [0.1, 0.15) is 37.5 Å². The summed E-state index contributed by atoms with van der Waals surface area (Å²) < 4.78 is 10.6. The molecule has 0 atom stereocenters. The van der Waals surface area contributed by atoms with Crippen LogP contribution in [-0.2, 0) is 14.9 Å². The Morgan fingerprint density at radius 1 is 1.04 bits per heavy atom. The summed E-state index contributed by atoms with van der Waals surface area (Å²) in [6, 6.07) is 15.4. The van der Waals surface area contributed by atoms with Crippen LogP contribution >= 0.6 is 0 Å². The normalized spacial score (nSPS) is 15.9. The van der Waals surface area contributed by atoms with Gasteiger partial charge in [0, 0.05) is 11.1 Å². The molecule has 0 saturated carbocycles. The smallest absolute Gasteiger partial charge is 0.363 e. The number of para-hydroxylation sites is 1. The van der Waals surface area contributed by atoms with Gasteiger partial charge in [0.25, 0.3) is 0 Å². The van der Waals surface area contributed by atoms with E-state index in [9.17, 15) is 4.79 Å². The fourth-order valence-electron chi connectivity index (χ4n) is 2.58. The second-order valence-corrected chi connectivity index (χ2v) is 6.91. The van der Waals surface area contributed by atoms with Crippen LogP contribution in [0.15, 0.2) is 59.2 Å². The van der Waals surface area contributed by atoms with Crippen LogP contribution in [0.4, 0.5) is 0 Å². The number of esters is 1. The maximum atomic E-state index is 12.1. The van der Waals surface area contributed by atoms with Gasteiger partial charge in [-0.3, -0.25) is 0 Å². The van der Waals surface area contributed by atoms with Gasteiger partial charge in [-0.2, -0.15) is 0 Å². The third kappa shape index (κ3) is 3.63. The van der Waals surface area contributed by atoms with Gasteiger partial charge in [-0.1, -0.05) is 51.1 Å². The van der Waals surface area contributed by atoms with E-state index in [1.165, 1.54) is 5.56 Å². The van der Waals surface area contributed by atoms with Crippen molar-refractivity contribution in [2.75, 3.05) is 7.11 Å². The lowest BCUT2D eigenvalue weighted by Crippen LogP contribution is -2.11. The molecule has 1 aliphatic rings. The second-order valence-electron chi connectivity index (χ2n) is 6.91. The number of nitrogens with zero attached hydrogens (tertiary/aromatic N) is 1. The Balaban J connectivity index is 1.91. The average molecular weight is 335 g/mol. The molecule has 1 heterocycles. The summed E-state index contributed by atoms with van der Waals surface area (Å²) in [4.78, 5) is 16.5. The number of aliphatic imine (C=N–C) groups is 1. The number of methoxy groups -OCH3 is 1. The predicted molar refractivity (Wildman–Crippen MR) is 98.7 cm³/mol. The van der Waals surface area contributed by atoms with Crippen molar-refractivity contribution in [1.82, 2.24) is 0 Å². The molecule has 2 aromatic rings. The maximum Gasteiger partial charge on any atom is 0.363 e. The summed E-state index contributed by atoms with van der Waals surface area (Å²) in [6.07, 6.45) is 1.68. The lowest BCUT2D eigenvalue weighted by atomic mass is 9.87. The molecule has 0 aliphatic carbocycles. The Kier molecular flexibility index (Phi) is 4.45. The van der Waals surface area contributed by atoms with Crippen molar-refractivity contribution in [3.63, 3.8) is 0 Å². The van der Waals surface area contributed by atoms with Crippen LogP contribution in [0, 0.1) is 0 Å². The van der Waals surface area contributed by atoms with Gasteiger partial charge in [-0.15, -0.1) is 0 Å². The molecule has 2 aromatic carbocycles. The average Bonchev–Trinajstić information content (AvgIpc) is 2.95. The molecule has 0 bridgehead atoms. The number of hydrogen-bond donors (Lipinski definition) is 0. The zero-order valence-corrected chi connectivity index (χ0v) is 14.9. The SMILES string of the molecule is COc1ccccc1/C=C1/N=C(c2ccc(C(C)(C)C)cc2)OC1=O. The van der Waals surface area contributed by atoms with Crippen molar-refractivity contribution in [1.29, 1.82) is 0 Å². The molecule has 0 fully saturated rings. The monoisotopic (exact) mass is 335 g/mol. The van der Waals surface area contributed by atoms with Crippen molar-refractivity contribution >= 4 is 17.9 Å². The lowest BCUT2D eigenvalue weighted by Gasteiger charge is -2.18. The summed E-state index contributed by atoms with van der Waals surface area (Å²) >= 11 is 0. The van der Waals surface area contributed by atoms with Crippen LogP contribution in [0.2, 0.25) is 0 Å². The Hall–Kier alpha value is -2.88. The second kappa shape index (κ2) is 6.55. The van der Waals surface area contributed by atoms with Crippen molar-refractivity contribution in [2.24, 2.45) is 4.99 Å². The molecule has 4 heteroatoms. The molecular weight excluding hydrogens is 314 g/mol. The fourth-order valence-corrected chi connectivity index (χ4v) is 2.58. The molecular formula is C21H21NO3. The van der Waals surface area contributed by atoms with E-state index in [0.29, 0.717) is 11.6 Å². The van der Waals surface area contributed by atoms with Gasteiger partial charge < -0.3 is 9.47 Å². The molecule has 0 unspecified atom stereocenters. The molecule has 128 valence electrons. The first kappa shape index (κ1) is 17.0. The van der Waals surface area contributed by atoms with Gasteiger partial charge in [-0.25, -0.2) is 9.79 Å². The van der Waals surface area contributed by atoms with Gasteiger partial charge in [0.1, 0.15) is 5.75 Å². The van der Waals surface area contributed by atoms with Gasteiger partial charge in [-0.05, 0) is 35.3 Å². The summed E-state index contributed by atoms with van der Waals surface area (Å²) in [5.74, 6) is 0.549. The quantitative estimate of drug-likeness (QED) is 0.619. The summed E-state index contributed by atoms with van der Waals surface area (Å²) in [7, 11) is 1.59. The molecule has 3 rings (SSSR count). The molecule has 0 saturated heterocycles. The number of cyclic esters (lactones) is 1. The third-order valence-corrected chi connectivity index (χ3v) is 4.05. The van der Waals surface area contributed by atoms with Crippen LogP contribution < -0.4 is 4.74 Å². The molecule has 4 nitrogen and oxygen atoms in total. The van der Waals surface area contributed by atoms with Crippen LogP contribution in [0.3, 0.4) is 0 Å². The first-order chi connectivity index (χ1) is 11.9. The Labute approximate surface area is 147 Å². The highest BCUT2D eigenvalue weighted by atomic mass is 16.6. The minimum atomic E-state index is -0.458. The Bertz CT molecular complexity index is 855. The molecule has 0 N–H and O–H groups in total. The summed E-state index contributed by atoms with van der Waals surface area (Å²) in [6.45, 7) is 6.47. The largest absolute Gasteiger partial charge is 0.496 e. The van der Waals surface area contributed by atoms with Crippen LogP contribution in [0.5, 0.6) is 5.75 Å². The van der Waals surface area contributed by atoms with E-state index in [2.05, 4.69) is 25.8 Å². The Morgan fingerprint density at radius 3 is 2.36 bits per heavy atom. The van der Waals surface area contributed by atoms with Crippen molar-refractivity contribution in [3.05, 3.63) is 70.9 Å². The van der Waals surface area contributed by atoms with E-state index in [1.807, 2.05) is 48.5 Å². The number of ether oxygens (including phenoxy) is 2. The minimum absolute atomic E-state index is 0.0710. The number of hydrogen-bond acceptors (Lipinski definition) is 4. The maximum absolute atomic E-state index is 12.1. The highest BCUT2D eigenvalue weighted by Gasteiger charge is 2.25. The molecule has 0 amide bonds. The topological polar surface area (TPSA) is 47.9 Å². The molecule has 0 aromatic heterocycles. The van der Waals surface area contributed by atoms with Gasteiger partial charge in [0.2, 0.25) is 5.90 Å². The standard InChI is InChI=1S/C21H21NO3/c1-21(2,3)16-11-9-14(10-12-16)19-22-17(20(23)25-19)13-15-7-5-6-8-18(15)24-4/h5-13H,1-4H3/b17-13+. The highest BCUT2D eigenvalue weighted by molar-refractivity contribution is 6.12. The molecule has 1 aliphatic heterocycles. The molecule has 25 heavy (non-hydrogen) atoms. The third-order valence-electron chi connectivity index (χ3n) is 4.05. The zero-order valence-electron chi connectivity index (χ0n) is 14.9. The van der Waals surface area contributed by atoms with Crippen LogP contribution in [-0.4, -0.2) is 19.0 Å². The molecule has 0 radical (unpaired) electrons. The first-order valence-electron chi connectivity index (χ1n) is 8.15. The van der Waals surface area contributed by atoms with E-state index in [0.717, 1.165) is 11.1 Å². The number of carbonyl (C=O) groups excluding carboxylic acids is 1. The lowest BCUT2D eigenvalue weighted by molar-refractivity contribution is -0.129. The molecule has 0 spiro atoms. The van der Waals surface area contributed by atoms with Gasteiger partial charge in [0.15, 0.2) is 5.70 Å². The number of rotatable bonds is 3. The number of carbonyl (C=O) groups is 1. The van der Waals surface area contributed by atoms with E-state index in [-0.39, 0.29) is 11.1 Å². The van der Waals surface area contributed by atoms with Gasteiger partial charge in [0.05, 0.1) is 7.11 Å². The minimum Gasteiger partial charge on any atom is -0.496 e. The van der Waals surface area contributed by atoms with Crippen molar-refractivity contribution in [2.45, 2.75) is 26.2 Å². The summed E-state index contributed by atoms with van der Waals surface area (Å²) in [5, 5.41) is 0. The predicted octanol–water partition coefficient (Wildman–Crippen LogP) is 4.34. The fraction of sp³-hybridized carbons (Fsp3) is 0.238. The van der Waals surface area contributed by atoms with Crippen molar-refractivity contribution in [3.8, 4) is 5.75 Å².